The number of halogens is 1. The molecule has 0 radical (unpaired) electrons. The van der Waals surface area contributed by atoms with E-state index in [1.807, 2.05) is 24.3 Å². The van der Waals surface area contributed by atoms with Crippen LogP contribution in [0, 0.1) is 5.82 Å². The van der Waals surface area contributed by atoms with Crippen LogP contribution in [0.25, 0.3) is 5.69 Å². The van der Waals surface area contributed by atoms with E-state index >= 15 is 0 Å². The molecular formula is C18H20FN7O. The van der Waals surface area contributed by atoms with E-state index in [1.165, 1.54) is 0 Å². The van der Waals surface area contributed by atoms with Crippen LogP contribution in [0.15, 0.2) is 48.8 Å². The van der Waals surface area contributed by atoms with Gasteiger partial charge >= 0.3 is 0 Å². The van der Waals surface area contributed by atoms with Crippen LogP contribution in [0.1, 0.15) is 17.3 Å². The Labute approximate surface area is 155 Å². The summed E-state index contributed by atoms with van der Waals surface area (Å²) in [6.07, 6.45) is 3.48. The van der Waals surface area contributed by atoms with Gasteiger partial charge in [0.05, 0.1) is 11.3 Å². The summed E-state index contributed by atoms with van der Waals surface area (Å²) in [5.74, 6) is -1.33. The fourth-order valence-electron chi connectivity index (χ4n) is 2.44. The van der Waals surface area contributed by atoms with Crippen molar-refractivity contribution >= 4 is 23.2 Å². The summed E-state index contributed by atoms with van der Waals surface area (Å²) in [6.45, 7) is 2.11. The fourth-order valence-corrected chi connectivity index (χ4v) is 2.44. The van der Waals surface area contributed by atoms with Gasteiger partial charge in [0.2, 0.25) is 0 Å². The SMILES string of the molecule is CC(N)CNc1nc(Nc2cccc(-n3cccn3)c2)c(C(N)=O)cc1F. The number of nitrogens with one attached hydrogen (secondary N) is 2. The van der Waals surface area contributed by atoms with Gasteiger partial charge in [-0.05, 0) is 37.3 Å². The third kappa shape index (κ3) is 4.39. The Morgan fingerprint density at radius 3 is 2.78 bits per heavy atom. The molecule has 3 rings (SSSR count). The predicted octanol–water partition coefficient (Wildman–Crippen LogP) is 2.01. The molecule has 3 aromatic rings. The number of hydrogen-bond donors (Lipinski definition) is 4. The Hall–Kier alpha value is -3.46. The molecular weight excluding hydrogens is 349 g/mol. The lowest BCUT2D eigenvalue weighted by atomic mass is 10.2. The molecule has 9 heteroatoms. The molecule has 2 heterocycles. The number of benzene rings is 1. The summed E-state index contributed by atoms with van der Waals surface area (Å²) in [5.41, 5.74) is 12.5. The number of nitrogens with zero attached hydrogens (tertiary/aromatic N) is 3. The summed E-state index contributed by atoms with van der Waals surface area (Å²) < 4.78 is 15.9. The Morgan fingerprint density at radius 1 is 1.30 bits per heavy atom. The molecule has 6 N–H and O–H groups in total. The van der Waals surface area contributed by atoms with Crippen LogP contribution in [-0.4, -0.2) is 33.3 Å². The molecule has 0 aliphatic rings. The molecule has 0 bridgehead atoms. The second kappa shape index (κ2) is 7.83. The molecule has 0 saturated heterocycles. The second-order valence-electron chi connectivity index (χ2n) is 6.06. The zero-order valence-electron chi connectivity index (χ0n) is 14.7. The van der Waals surface area contributed by atoms with Crippen LogP contribution in [0.4, 0.5) is 21.7 Å². The van der Waals surface area contributed by atoms with Gasteiger partial charge in [-0.1, -0.05) is 6.07 Å². The van der Waals surface area contributed by atoms with Crippen molar-refractivity contribution in [2.45, 2.75) is 13.0 Å². The average Bonchev–Trinajstić information content (AvgIpc) is 3.16. The van der Waals surface area contributed by atoms with Crippen molar-refractivity contribution in [2.75, 3.05) is 17.2 Å². The topological polar surface area (TPSA) is 124 Å². The first-order chi connectivity index (χ1) is 12.9. The first-order valence-electron chi connectivity index (χ1n) is 8.31. The Kier molecular flexibility index (Phi) is 5.32. The minimum absolute atomic E-state index is 0.0111. The Balaban J connectivity index is 1.94. The van der Waals surface area contributed by atoms with Crippen LogP contribution >= 0.6 is 0 Å². The third-order valence-corrected chi connectivity index (χ3v) is 3.71. The van der Waals surface area contributed by atoms with E-state index in [2.05, 4.69) is 20.7 Å². The number of carbonyl (C=O) groups is 1. The first kappa shape index (κ1) is 18.3. The van der Waals surface area contributed by atoms with E-state index in [-0.39, 0.29) is 23.2 Å². The van der Waals surface area contributed by atoms with E-state index in [4.69, 9.17) is 11.5 Å². The van der Waals surface area contributed by atoms with Gasteiger partial charge in [-0.3, -0.25) is 4.79 Å². The predicted molar refractivity (Wildman–Crippen MR) is 102 cm³/mol. The van der Waals surface area contributed by atoms with Gasteiger partial charge in [-0.25, -0.2) is 14.1 Å². The van der Waals surface area contributed by atoms with Crippen molar-refractivity contribution in [3.05, 3.63) is 60.2 Å². The highest BCUT2D eigenvalue weighted by Crippen LogP contribution is 2.24. The van der Waals surface area contributed by atoms with Crippen molar-refractivity contribution in [3.8, 4) is 5.69 Å². The summed E-state index contributed by atoms with van der Waals surface area (Å²) >= 11 is 0. The van der Waals surface area contributed by atoms with Gasteiger partial charge in [-0.2, -0.15) is 5.10 Å². The lowest BCUT2D eigenvalue weighted by molar-refractivity contribution is 0.100. The Bertz CT molecular complexity index is 941. The largest absolute Gasteiger partial charge is 0.366 e. The van der Waals surface area contributed by atoms with Crippen molar-refractivity contribution < 1.29 is 9.18 Å². The summed E-state index contributed by atoms with van der Waals surface area (Å²) in [5, 5.41) is 10.0. The van der Waals surface area contributed by atoms with E-state index in [9.17, 15) is 9.18 Å². The molecule has 140 valence electrons. The van der Waals surface area contributed by atoms with Gasteiger partial charge < -0.3 is 22.1 Å². The first-order valence-corrected chi connectivity index (χ1v) is 8.31. The smallest absolute Gasteiger partial charge is 0.252 e. The molecule has 0 aliphatic carbocycles. The van der Waals surface area contributed by atoms with Gasteiger partial charge in [0.1, 0.15) is 5.82 Å². The molecule has 2 aromatic heterocycles. The Morgan fingerprint density at radius 2 is 2.11 bits per heavy atom. The number of rotatable bonds is 7. The minimum Gasteiger partial charge on any atom is -0.366 e. The number of nitrogens with two attached hydrogens (primary N) is 2. The maximum Gasteiger partial charge on any atom is 0.252 e. The normalized spacial score (nSPS) is 11.8. The minimum atomic E-state index is -0.786. The molecule has 8 nitrogen and oxygen atoms in total. The number of aromatic nitrogens is 3. The molecule has 1 amide bonds. The molecule has 0 fully saturated rings. The van der Waals surface area contributed by atoms with Crippen molar-refractivity contribution in [3.63, 3.8) is 0 Å². The van der Waals surface area contributed by atoms with E-state index in [1.54, 1.807) is 30.1 Å². The monoisotopic (exact) mass is 369 g/mol. The number of amides is 1. The number of anilines is 3. The van der Waals surface area contributed by atoms with Crippen molar-refractivity contribution in [1.29, 1.82) is 0 Å². The highest BCUT2D eigenvalue weighted by molar-refractivity contribution is 5.98. The molecule has 0 aliphatic heterocycles. The van der Waals surface area contributed by atoms with Crippen LogP contribution in [0.2, 0.25) is 0 Å². The quantitative estimate of drug-likeness (QED) is 0.505. The average molecular weight is 369 g/mol. The van der Waals surface area contributed by atoms with Crippen LogP contribution in [0.5, 0.6) is 0 Å². The lowest BCUT2D eigenvalue weighted by Crippen LogP contribution is -2.26. The van der Waals surface area contributed by atoms with Crippen LogP contribution < -0.4 is 22.1 Å². The van der Waals surface area contributed by atoms with Crippen molar-refractivity contribution in [2.24, 2.45) is 11.5 Å². The maximum atomic E-state index is 14.2. The molecule has 1 atom stereocenters. The zero-order chi connectivity index (χ0) is 19.4. The highest BCUT2D eigenvalue weighted by atomic mass is 19.1. The maximum absolute atomic E-state index is 14.2. The van der Waals surface area contributed by atoms with Gasteiger partial charge in [0, 0.05) is 30.7 Å². The number of hydrogen-bond acceptors (Lipinski definition) is 6. The van der Waals surface area contributed by atoms with Gasteiger partial charge in [0.15, 0.2) is 11.6 Å². The number of carbonyl (C=O) groups excluding carboxylic acids is 1. The highest BCUT2D eigenvalue weighted by Gasteiger charge is 2.16. The molecule has 0 saturated carbocycles. The number of primary amides is 1. The standard InChI is InChI=1S/C18H20FN7O/c1-11(20)10-22-18-15(19)9-14(16(21)27)17(25-18)24-12-4-2-5-13(8-12)26-7-3-6-23-26/h2-9,11H,10,20H2,1H3,(H2,21,27)(H2,22,24,25). The van der Waals surface area contributed by atoms with Gasteiger partial charge in [-0.15, -0.1) is 0 Å². The van der Waals surface area contributed by atoms with Crippen molar-refractivity contribution in [1.82, 2.24) is 14.8 Å². The molecule has 27 heavy (non-hydrogen) atoms. The molecule has 1 aromatic carbocycles. The fraction of sp³-hybridized carbons (Fsp3) is 0.167. The summed E-state index contributed by atoms with van der Waals surface area (Å²) in [7, 11) is 0. The van der Waals surface area contributed by atoms with Crippen LogP contribution in [-0.2, 0) is 0 Å². The van der Waals surface area contributed by atoms with E-state index in [0.717, 1.165) is 11.8 Å². The lowest BCUT2D eigenvalue weighted by Gasteiger charge is -2.14. The molecule has 1 unspecified atom stereocenters. The second-order valence-corrected chi connectivity index (χ2v) is 6.06. The third-order valence-electron chi connectivity index (χ3n) is 3.71. The molecule has 0 spiro atoms. The number of pyridine rings is 1. The van der Waals surface area contributed by atoms with Gasteiger partial charge in [0.25, 0.3) is 5.91 Å². The van der Waals surface area contributed by atoms with Crippen LogP contribution in [0.3, 0.4) is 0 Å². The zero-order valence-corrected chi connectivity index (χ0v) is 14.7. The van der Waals surface area contributed by atoms with E-state index in [0.29, 0.717) is 12.2 Å². The summed E-state index contributed by atoms with van der Waals surface area (Å²) in [4.78, 5) is 15.9. The summed E-state index contributed by atoms with van der Waals surface area (Å²) in [6, 6.07) is 9.98. The van der Waals surface area contributed by atoms with E-state index < -0.39 is 11.7 Å².